The molecule has 1 heterocycles. The van der Waals surface area contributed by atoms with Gasteiger partial charge in [0.15, 0.2) is 0 Å². The molecule has 2 nitrogen and oxygen atoms in total. The average molecular weight is 180 g/mol. The molecular weight excluding hydrogens is 160 g/mol. The fourth-order valence-electron chi connectivity index (χ4n) is 1.94. The van der Waals surface area contributed by atoms with Crippen molar-refractivity contribution >= 4 is 0 Å². The second kappa shape index (κ2) is 6.01. The van der Waals surface area contributed by atoms with Crippen molar-refractivity contribution in [2.24, 2.45) is 5.92 Å². The molecule has 1 fully saturated rings. The Kier molecular flexibility index (Phi) is 4.88. The summed E-state index contributed by atoms with van der Waals surface area (Å²) in [6.07, 6.45) is 2.70. The molecule has 0 radical (unpaired) electrons. The van der Waals surface area contributed by atoms with Gasteiger partial charge in [-0.25, -0.2) is 0 Å². The molecule has 0 spiro atoms. The molecule has 74 valence electrons. The van der Waals surface area contributed by atoms with Crippen LogP contribution in [0, 0.1) is 17.8 Å². The van der Waals surface area contributed by atoms with Crippen molar-refractivity contribution in [3.05, 3.63) is 0 Å². The lowest BCUT2D eigenvalue weighted by Crippen LogP contribution is -2.39. The van der Waals surface area contributed by atoms with Crippen LogP contribution in [-0.2, 0) is 0 Å². The molecule has 1 aliphatic rings. The zero-order valence-electron chi connectivity index (χ0n) is 8.77. The number of likely N-dealkylation sites (tertiary alicyclic amines) is 1. The minimum absolute atomic E-state index is 0.831. The monoisotopic (exact) mass is 180 g/mol. The van der Waals surface area contributed by atoms with E-state index in [0.717, 1.165) is 19.0 Å². The van der Waals surface area contributed by atoms with Crippen molar-refractivity contribution in [2.75, 3.05) is 33.2 Å². The Morgan fingerprint density at radius 2 is 2.38 bits per heavy atom. The minimum Gasteiger partial charge on any atom is -0.319 e. The summed E-state index contributed by atoms with van der Waals surface area (Å²) in [5, 5.41) is 3.25. The topological polar surface area (TPSA) is 15.3 Å². The Morgan fingerprint density at radius 1 is 1.54 bits per heavy atom. The normalized spacial score (nSPS) is 23.7. The van der Waals surface area contributed by atoms with E-state index in [2.05, 4.69) is 22.1 Å². The second-order valence-corrected chi connectivity index (χ2v) is 3.73. The van der Waals surface area contributed by atoms with E-state index in [1.807, 2.05) is 14.0 Å². The molecule has 13 heavy (non-hydrogen) atoms. The summed E-state index contributed by atoms with van der Waals surface area (Å²) >= 11 is 0. The number of nitrogens with zero attached hydrogens (tertiary/aromatic N) is 1. The van der Waals surface area contributed by atoms with E-state index < -0.39 is 0 Å². The highest BCUT2D eigenvalue weighted by Crippen LogP contribution is 2.14. The van der Waals surface area contributed by atoms with E-state index in [1.54, 1.807) is 0 Å². The van der Waals surface area contributed by atoms with Crippen LogP contribution in [0.3, 0.4) is 0 Å². The molecule has 2 heteroatoms. The Bertz CT molecular complexity index is 188. The first kappa shape index (κ1) is 10.6. The zero-order chi connectivity index (χ0) is 9.52. The molecule has 0 aromatic carbocycles. The predicted molar refractivity (Wildman–Crippen MR) is 56.5 cm³/mol. The maximum Gasteiger partial charge on any atom is 0.0601 e. The van der Waals surface area contributed by atoms with Gasteiger partial charge in [0.05, 0.1) is 6.54 Å². The van der Waals surface area contributed by atoms with Crippen molar-refractivity contribution in [3.8, 4) is 11.8 Å². The standard InChI is InChI=1S/C11H20N2/c1-3-4-7-13-8-5-6-11(10-13)9-12-2/h11-12H,5-10H2,1-2H3. The highest BCUT2D eigenvalue weighted by Gasteiger charge is 2.17. The third-order valence-corrected chi connectivity index (χ3v) is 2.58. The van der Waals surface area contributed by atoms with E-state index in [4.69, 9.17) is 0 Å². The lowest BCUT2D eigenvalue weighted by molar-refractivity contribution is 0.192. The molecule has 0 aliphatic carbocycles. The van der Waals surface area contributed by atoms with Crippen molar-refractivity contribution in [3.63, 3.8) is 0 Å². The van der Waals surface area contributed by atoms with Gasteiger partial charge in [-0.3, -0.25) is 4.90 Å². The highest BCUT2D eigenvalue weighted by atomic mass is 15.1. The summed E-state index contributed by atoms with van der Waals surface area (Å²) in [5.74, 6) is 6.92. The SMILES string of the molecule is CC#CCN1CCCC(CNC)C1. The number of nitrogens with one attached hydrogen (secondary N) is 1. The van der Waals surface area contributed by atoms with E-state index in [9.17, 15) is 0 Å². The molecule has 1 saturated heterocycles. The molecular formula is C11H20N2. The molecule has 0 aromatic heterocycles. The largest absolute Gasteiger partial charge is 0.319 e. The van der Waals surface area contributed by atoms with Crippen LogP contribution in [0.2, 0.25) is 0 Å². The lowest BCUT2D eigenvalue weighted by Gasteiger charge is -2.31. The van der Waals surface area contributed by atoms with Crippen molar-refractivity contribution in [1.82, 2.24) is 10.2 Å². The summed E-state index contributed by atoms with van der Waals surface area (Å²) in [6.45, 7) is 6.46. The van der Waals surface area contributed by atoms with Crippen LogP contribution in [0.25, 0.3) is 0 Å². The summed E-state index contributed by atoms with van der Waals surface area (Å²) in [7, 11) is 2.03. The molecule has 1 rings (SSSR count). The number of rotatable bonds is 3. The number of hydrogen-bond donors (Lipinski definition) is 1. The van der Waals surface area contributed by atoms with Gasteiger partial charge in [-0.2, -0.15) is 0 Å². The fourth-order valence-corrected chi connectivity index (χ4v) is 1.94. The van der Waals surface area contributed by atoms with Crippen molar-refractivity contribution < 1.29 is 0 Å². The minimum atomic E-state index is 0.831. The number of hydrogen-bond acceptors (Lipinski definition) is 2. The maximum atomic E-state index is 3.25. The molecule has 0 saturated carbocycles. The van der Waals surface area contributed by atoms with E-state index in [0.29, 0.717) is 0 Å². The van der Waals surface area contributed by atoms with Gasteiger partial charge in [0.2, 0.25) is 0 Å². The first-order valence-electron chi connectivity index (χ1n) is 5.13. The predicted octanol–water partition coefficient (Wildman–Crippen LogP) is 0.941. The third-order valence-electron chi connectivity index (χ3n) is 2.58. The Morgan fingerprint density at radius 3 is 3.08 bits per heavy atom. The van der Waals surface area contributed by atoms with Crippen molar-refractivity contribution in [2.45, 2.75) is 19.8 Å². The van der Waals surface area contributed by atoms with Gasteiger partial charge >= 0.3 is 0 Å². The van der Waals surface area contributed by atoms with Gasteiger partial charge < -0.3 is 5.32 Å². The molecule has 0 aromatic rings. The second-order valence-electron chi connectivity index (χ2n) is 3.73. The van der Waals surface area contributed by atoms with Crippen LogP contribution >= 0.6 is 0 Å². The first-order chi connectivity index (χ1) is 6.36. The van der Waals surface area contributed by atoms with E-state index in [-0.39, 0.29) is 0 Å². The van der Waals surface area contributed by atoms with Crippen LogP contribution in [0.15, 0.2) is 0 Å². The lowest BCUT2D eigenvalue weighted by atomic mass is 9.98. The fraction of sp³-hybridized carbons (Fsp3) is 0.818. The molecule has 0 bridgehead atoms. The van der Waals surface area contributed by atoms with Crippen molar-refractivity contribution in [1.29, 1.82) is 0 Å². The quantitative estimate of drug-likeness (QED) is 0.650. The zero-order valence-corrected chi connectivity index (χ0v) is 8.77. The van der Waals surface area contributed by atoms with Gasteiger partial charge in [0, 0.05) is 6.54 Å². The molecule has 0 amide bonds. The van der Waals surface area contributed by atoms with E-state index >= 15 is 0 Å². The van der Waals surface area contributed by atoms with Gasteiger partial charge in [-0.05, 0) is 45.8 Å². The summed E-state index contributed by atoms with van der Waals surface area (Å²) in [4.78, 5) is 2.46. The smallest absolute Gasteiger partial charge is 0.0601 e. The molecule has 1 N–H and O–H groups in total. The van der Waals surface area contributed by atoms with Gasteiger partial charge in [0.25, 0.3) is 0 Å². The van der Waals surface area contributed by atoms with Crippen LogP contribution in [0.5, 0.6) is 0 Å². The third kappa shape index (κ3) is 3.80. The Hall–Kier alpha value is -0.520. The molecule has 1 aliphatic heterocycles. The first-order valence-corrected chi connectivity index (χ1v) is 5.13. The molecule has 1 atom stereocenters. The summed E-state index contributed by atoms with van der Waals surface area (Å²) < 4.78 is 0. The van der Waals surface area contributed by atoms with Gasteiger partial charge in [-0.1, -0.05) is 5.92 Å². The maximum absolute atomic E-state index is 3.25. The molecule has 1 unspecified atom stereocenters. The van der Waals surface area contributed by atoms with Gasteiger partial charge in [-0.15, -0.1) is 5.92 Å². The van der Waals surface area contributed by atoms with Crippen LogP contribution < -0.4 is 5.32 Å². The van der Waals surface area contributed by atoms with Crippen LogP contribution in [-0.4, -0.2) is 38.1 Å². The van der Waals surface area contributed by atoms with Crippen LogP contribution in [0.1, 0.15) is 19.8 Å². The Labute approximate surface area is 81.7 Å². The highest BCUT2D eigenvalue weighted by molar-refractivity contribution is 4.98. The Balaban J connectivity index is 2.27. The summed E-state index contributed by atoms with van der Waals surface area (Å²) in [6, 6.07) is 0. The van der Waals surface area contributed by atoms with Gasteiger partial charge in [0.1, 0.15) is 0 Å². The summed E-state index contributed by atoms with van der Waals surface area (Å²) in [5.41, 5.74) is 0. The van der Waals surface area contributed by atoms with Crippen LogP contribution in [0.4, 0.5) is 0 Å². The average Bonchev–Trinajstić information content (AvgIpc) is 2.16. The van der Waals surface area contributed by atoms with E-state index in [1.165, 1.54) is 25.9 Å². The number of piperidine rings is 1.